The van der Waals surface area contributed by atoms with Gasteiger partial charge in [0, 0.05) is 25.2 Å². The van der Waals surface area contributed by atoms with E-state index in [0.29, 0.717) is 25.4 Å². The van der Waals surface area contributed by atoms with Crippen LogP contribution in [0.2, 0.25) is 0 Å². The highest BCUT2D eigenvalue weighted by atomic mass is 19.1. The first-order valence-electron chi connectivity index (χ1n) is 9.35. The molecule has 1 aliphatic rings. The van der Waals surface area contributed by atoms with E-state index in [1.54, 1.807) is 17.0 Å². The third kappa shape index (κ3) is 4.94. The number of benzene rings is 2. The lowest BCUT2D eigenvalue weighted by Crippen LogP contribution is -2.30. The zero-order valence-electron chi connectivity index (χ0n) is 15.7. The summed E-state index contributed by atoms with van der Waals surface area (Å²) in [6, 6.07) is 14.1. The second kappa shape index (κ2) is 8.33. The van der Waals surface area contributed by atoms with Crippen molar-refractivity contribution in [3.05, 3.63) is 65.5 Å². The highest BCUT2D eigenvalue weighted by Gasteiger charge is 2.34. The number of hydrogen-bond donors (Lipinski definition) is 1. The van der Waals surface area contributed by atoms with Crippen LogP contribution < -0.4 is 5.32 Å². The molecule has 1 heterocycles. The van der Waals surface area contributed by atoms with Crippen LogP contribution >= 0.6 is 0 Å². The minimum atomic E-state index is -0.338. The fourth-order valence-corrected chi connectivity index (χ4v) is 3.27. The van der Waals surface area contributed by atoms with Crippen LogP contribution in [0.25, 0.3) is 0 Å². The molecule has 0 saturated carbocycles. The van der Waals surface area contributed by atoms with Crippen molar-refractivity contribution in [3.8, 4) is 0 Å². The van der Waals surface area contributed by atoms with E-state index >= 15 is 0 Å². The van der Waals surface area contributed by atoms with Crippen LogP contribution in [0.15, 0.2) is 48.5 Å². The first-order chi connectivity index (χ1) is 12.9. The molecule has 1 N–H and O–H groups in total. The van der Waals surface area contributed by atoms with Gasteiger partial charge in [-0.1, -0.05) is 38.1 Å². The first kappa shape index (κ1) is 19.1. The van der Waals surface area contributed by atoms with Crippen molar-refractivity contribution in [1.82, 2.24) is 4.90 Å². The van der Waals surface area contributed by atoms with Crippen molar-refractivity contribution in [3.63, 3.8) is 0 Å². The second-order valence-electron chi connectivity index (χ2n) is 7.38. The average Bonchev–Trinajstić information content (AvgIpc) is 3.03. The topological polar surface area (TPSA) is 49.4 Å². The molecule has 1 saturated heterocycles. The van der Waals surface area contributed by atoms with Crippen LogP contribution in [0.1, 0.15) is 37.3 Å². The largest absolute Gasteiger partial charge is 0.342 e. The van der Waals surface area contributed by atoms with Gasteiger partial charge in [-0.3, -0.25) is 9.59 Å². The summed E-state index contributed by atoms with van der Waals surface area (Å²) in [6.07, 6.45) is 0.885. The van der Waals surface area contributed by atoms with E-state index in [4.69, 9.17) is 0 Å². The van der Waals surface area contributed by atoms with E-state index in [1.807, 2.05) is 24.3 Å². The Bertz CT molecular complexity index is 800. The Balaban J connectivity index is 1.52. The molecule has 1 fully saturated rings. The predicted molar refractivity (Wildman–Crippen MR) is 104 cm³/mol. The second-order valence-corrected chi connectivity index (χ2v) is 7.38. The van der Waals surface area contributed by atoms with Gasteiger partial charge in [0.25, 0.3) is 0 Å². The quantitative estimate of drug-likeness (QED) is 0.838. The lowest BCUT2D eigenvalue weighted by Gasteiger charge is -2.16. The summed E-state index contributed by atoms with van der Waals surface area (Å²) in [5.41, 5.74) is 2.94. The summed E-state index contributed by atoms with van der Waals surface area (Å²) >= 11 is 0. The predicted octanol–water partition coefficient (Wildman–Crippen LogP) is 3.98. The summed E-state index contributed by atoms with van der Waals surface area (Å²) in [6.45, 7) is 5.21. The molecule has 1 atom stereocenters. The van der Waals surface area contributed by atoms with Crippen LogP contribution in [-0.4, -0.2) is 29.8 Å². The molecule has 0 radical (unpaired) electrons. The summed E-state index contributed by atoms with van der Waals surface area (Å²) in [7, 11) is 0. The van der Waals surface area contributed by atoms with Gasteiger partial charge in [0.2, 0.25) is 11.8 Å². The van der Waals surface area contributed by atoms with E-state index in [-0.39, 0.29) is 30.0 Å². The van der Waals surface area contributed by atoms with Gasteiger partial charge in [-0.05, 0) is 47.7 Å². The lowest BCUT2D eigenvalue weighted by molar-refractivity contribution is -0.128. The molecule has 1 unspecified atom stereocenters. The third-order valence-corrected chi connectivity index (χ3v) is 5.01. The van der Waals surface area contributed by atoms with Crippen molar-refractivity contribution in [2.24, 2.45) is 5.92 Å². The fourth-order valence-electron chi connectivity index (χ4n) is 3.27. The number of halogens is 1. The molecule has 27 heavy (non-hydrogen) atoms. The Labute approximate surface area is 159 Å². The smallest absolute Gasteiger partial charge is 0.229 e. The lowest BCUT2D eigenvalue weighted by atomic mass is 10.0. The first-order valence-corrected chi connectivity index (χ1v) is 9.35. The van der Waals surface area contributed by atoms with Crippen LogP contribution in [0.5, 0.6) is 0 Å². The highest BCUT2D eigenvalue weighted by Crippen LogP contribution is 2.22. The number of nitrogens with zero attached hydrogens (tertiary/aromatic N) is 1. The molecular formula is C22H25FN2O2. The SMILES string of the molecule is CC(C)c1ccc(NC(=O)C2CC(=O)N(CCc3ccc(F)cc3)C2)cc1. The summed E-state index contributed by atoms with van der Waals surface area (Å²) in [4.78, 5) is 26.4. The Morgan fingerprint density at radius 2 is 1.81 bits per heavy atom. The molecule has 0 bridgehead atoms. The van der Waals surface area contributed by atoms with Crippen molar-refractivity contribution >= 4 is 17.5 Å². The number of amides is 2. The van der Waals surface area contributed by atoms with Gasteiger partial charge < -0.3 is 10.2 Å². The van der Waals surface area contributed by atoms with Gasteiger partial charge >= 0.3 is 0 Å². The molecule has 4 nitrogen and oxygen atoms in total. The number of hydrogen-bond acceptors (Lipinski definition) is 2. The monoisotopic (exact) mass is 368 g/mol. The maximum Gasteiger partial charge on any atom is 0.229 e. The Kier molecular flexibility index (Phi) is 5.89. The standard InChI is InChI=1S/C22H25FN2O2/c1-15(2)17-5-9-20(10-6-17)24-22(27)18-13-21(26)25(14-18)12-11-16-3-7-19(23)8-4-16/h3-10,15,18H,11-14H2,1-2H3,(H,24,27). The number of anilines is 1. The van der Waals surface area contributed by atoms with E-state index in [0.717, 1.165) is 11.3 Å². The number of rotatable bonds is 6. The van der Waals surface area contributed by atoms with Crippen molar-refractivity contribution < 1.29 is 14.0 Å². The third-order valence-electron chi connectivity index (χ3n) is 5.01. The van der Waals surface area contributed by atoms with Crippen LogP contribution in [-0.2, 0) is 16.0 Å². The van der Waals surface area contributed by atoms with Gasteiger partial charge in [-0.2, -0.15) is 0 Å². The molecular weight excluding hydrogens is 343 g/mol. The highest BCUT2D eigenvalue weighted by molar-refractivity contribution is 5.97. The zero-order valence-corrected chi connectivity index (χ0v) is 15.7. The fraction of sp³-hybridized carbons (Fsp3) is 0.364. The molecule has 3 rings (SSSR count). The van der Waals surface area contributed by atoms with E-state index in [9.17, 15) is 14.0 Å². The minimum absolute atomic E-state index is 0.00702. The van der Waals surface area contributed by atoms with E-state index in [2.05, 4.69) is 19.2 Å². The normalized spacial score (nSPS) is 16.8. The zero-order chi connectivity index (χ0) is 19.4. The Hall–Kier alpha value is -2.69. The summed E-state index contributed by atoms with van der Waals surface area (Å²) in [5, 5.41) is 2.91. The molecule has 2 aromatic rings. The van der Waals surface area contributed by atoms with Crippen molar-refractivity contribution in [1.29, 1.82) is 0 Å². The Morgan fingerprint density at radius 1 is 1.15 bits per heavy atom. The average molecular weight is 368 g/mol. The molecule has 5 heteroatoms. The maximum absolute atomic E-state index is 13.0. The van der Waals surface area contributed by atoms with E-state index < -0.39 is 0 Å². The van der Waals surface area contributed by atoms with Crippen molar-refractivity contribution in [2.75, 3.05) is 18.4 Å². The van der Waals surface area contributed by atoms with Gasteiger partial charge in [0.1, 0.15) is 5.82 Å². The number of carbonyl (C=O) groups is 2. The molecule has 0 aromatic heterocycles. The van der Waals surface area contributed by atoms with Gasteiger partial charge in [0.15, 0.2) is 0 Å². The Morgan fingerprint density at radius 3 is 2.44 bits per heavy atom. The van der Waals surface area contributed by atoms with Gasteiger partial charge in [-0.25, -0.2) is 4.39 Å². The molecule has 2 amide bonds. The molecule has 142 valence electrons. The number of likely N-dealkylation sites (tertiary alicyclic amines) is 1. The van der Waals surface area contributed by atoms with E-state index in [1.165, 1.54) is 17.7 Å². The number of carbonyl (C=O) groups excluding carboxylic acids is 2. The molecule has 1 aliphatic heterocycles. The van der Waals surface area contributed by atoms with Crippen LogP contribution in [0, 0.1) is 11.7 Å². The van der Waals surface area contributed by atoms with Crippen molar-refractivity contribution in [2.45, 2.75) is 32.6 Å². The molecule has 2 aromatic carbocycles. The molecule has 0 spiro atoms. The molecule has 0 aliphatic carbocycles. The maximum atomic E-state index is 13.0. The van der Waals surface area contributed by atoms with Gasteiger partial charge in [-0.15, -0.1) is 0 Å². The number of nitrogens with one attached hydrogen (secondary N) is 1. The minimum Gasteiger partial charge on any atom is -0.342 e. The summed E-state index contributed by atoms with van der Waals surface area (Å²) < 4.78 is 13.0. The van der Waals surface area contributed by atoms with Gasteiger partial charge in [0.05, 0.1) is 5.92 Å². The van der Waals surface area contributed by atoms with Crippen LogP contribution in [0.3, 0.4) is 0 Å². The van der Waals surface area contributed by atoms with Crippen LogP contribution in [0.4, 0.5) is 10.1 Å². The summed E-state index contributed by atoms with van der Waals surface area (Å²) in [5.74, 6) is -0.293.